The van der Waals surface area contributed by atoms with Crippen molar-refractivity contribution >= 4 is 67.8 Å². The van der Waals surface area contributed by atoms with Crippen LogP contribution in [-0.2, 0) is 29.5 Å². The van der Waals surface area contributed by atoms with Gasteiger partial charge in [-0.3, -0.25) is 28.5 Å². The molecule has 2 unspecified atom stereocenters. The molecule has 3 aromatic rings. The highest BCUT2D eigenvalue weighted by atomic mass is 32.2. The lowest BCUT2D eigenvalue weighted by molar-refractivity contribution is -0.161. The molecule has 3 heterocycles. The van der Waals surface area contributed by atoms with Crippen LogP contribution in [0.4, 0.5) is 10.8 Å². The topological polar surface area (TPSA) is 313 Å². The smallest absolute Gasteiger partial charge is 0.362 e. The molecule has 2 atom stereocenters. The Morgan fingerprint density at radius 3 is 2.50 bits per heavy atom. The standard InChI is InChI=1S/C26H26N8O12S2/c1-26(2,24(41)42)46-33-18(14-10-47-25(27)31-14)22(39)32-19-15(34(23(19)40)48(43,44)45)8-29-20(37)11-4-3-5-12(6-11)30-21(38)13-7-16(35)17(36)9-28-13/h3-7,9-10,15,19,36H,8H2,1-2H3,(H2,27,31)(H,28,35)(H,29,37)(H,30,38)(H,32,39)(H,41,42)(H,43,44,45). The maximum absolute atomic E-state index is 13.2. The first-order valence-corrected chi connectivity index (χ1v) is 15.6. The SMILES string of the molecule is CC(C)(ON=C(C(=O)NC1C(=O)N(S(=O)(=O)O)C1CNC(=O)c1cccc(NC(=O)c2cc(=O)c(O)c[nH]2)c1)c1csc(N)n1)C(=O)O. The number of benzene rings is 1. The first kappa shape index (κ1) is 35.0. The van der Waals surface area contributed by atoms with Crippen LogP contribution in [0.25, 0.3) is 0 Å². The number of thiazole rings is 1. The summed E-state index contributed by atoms with van der Waals surface area (Å²) in [5, 5.41) is 30.6. The molecule has 1 aliphatic heterocycles. The number of aliphatic carboxylic acids is 1. The number of carboxylic acid groups (broad SMARTS) is 1. The largest absolute Gasteiger partial charge is 0.503 e. The molecule has 4 rings (SSSR count). The first-order chi connectivity index (χ1) is 22.4. The Bertz CT molecular complexity index is 2010. The lowest BCUT2D eigenvalue weighted by Gasteiger charge is -2.44. The van der Waals surface area contributed by atoms with Gasteiger partial charge >= 0.3 is 16.3 Å². The third-order valence-corrected chi connectivity index (χ3v) is 8.18. The number of carbonyl (C=O) groups is 5. The molecule has 0 spiro atoms. The highest BCUT2D eigenvalue weighted by molar-refractivity contribution is 7.84. The number of nitrogens with two attached hydrogens (primary N) is 1. The van der Waals surface area contributed by atoms with E-state index < -0.39 is 81.0 Å². The number of carbonyl (C=O) groups excluding carboxylic acids is 4. The maximum Gasteiger partial charge on any atom is 0.362 e. The highest BCUT2D eigenvalue weighted by Crippen LogP contribution is 2.24. The second kappa shape index (κ2) is 13.5. The van der Waals surface area contributed by atoms with E-state index in [-0.39, 0.29) is 32.1 Å². The molecule has 0 aliphatic carbocycles. The molecule has 9 N–H and O–H groups in total. The number of hydrogen-bond acceptors (Lipinski definition) is 14. The van der Waals surface area contributed by atoms with E-state index in [1.165, 1.54) is 29.6 Å². The van der Waals surface area contributed by atoms with Crippen LogP contribution in [0.3, 0.4) is 0 Å². The average Bonchev–Trinajstić information content (AvgIpc) is 3.43. The summed E-state index contributed by atoms with van der Waals surface area (Å²) in [5.74, 6) is -6.07. The fourth-order valence-corrected chi connectivity index (χ4v) is 5.43. The minimum Gasteiger partial charge on any atom is -0.503 e. The molecule has 1 fully saturated rings. The molecule has 2 aromatic heterocycles. The van der Waals surface area contributed by atoms with E-state index in [0.717, 1.165) is 37.4 Å². The lowest BCUT2D eigenvalue weighted by Crippen LogP contribution is -2.74. The fourth-order valence-electron chi connectivity index (χ4n) is 4.00. The summed E-state index contributed by atoms with van der Waals surface area (Å²) in [5.41, 5.74) is 2.00. The third kappa shape index (κ3) is 7.73. The Morgan fingerprint density at radius 2 is 1.90 bits per heavy atom. The normalized spacial score (nSPS) is 16.4. The molecular formula is C26H26N8O12S2. The minimum absolute atomic E-state index is 0.000210. The van der Waals surface area contributed by atoms with Crippen LogP contribution < -0.4 is 27.1 Å². The number of nitrogens with one attached hydrogen (secondary N) is 4. The van der Waals surface area contributed by atoms with E-state index in [4.69, 9.17) is 10.6 Å². The van der Waals surface area contributed by atoms with Crippen molar-refractivity contribution in [2.45, 2.75) is 31.5 Å². The highest BCUT2D eigenvalue weighted by Gasteiger charge is 2.54. The number of oxime groups is 1. The van der Waals surface area contributed by atoms with Crippen molar-refractivity contribution in [3.05, 3.63) is 69.1 Å². The summed E-state index contributed by atoms with van der Waals surface area (Å²) in [4.78, 5) is 85.9. The molecule has 254 valence electrons. The van der Waals surface area contributed by atoms with Gasteiger partial charge in [-0.2, -0.15) is 8.42 Å². The van der Waals surface area contributed by atoms with Gasteiger partial charge in [-0.15, -0.1) is 11.3 Å². The Labute approximate surface area is 273 Å². The Hall–Kier alpha value is -5.87. The number of nitrogen functional groups attached to an aromatic ring is 1. The number of aromatic amines is 1. The average molecular weight is 707 g/mol. The number of amides is 4. The molecule has 22 heteroatoms. The molecule has 0 radical (unpaired) electrons. The van der Waals surface area contributed by atoms with Crippen molar-refractivity contribution in [1.82, 2.24) is 24.9 Å². The predicted molar refractivity (Wildman–Crippen MR) is 165 cm³/mol. The van der Waals surface area contributed by atoms with Gasteiger partial charge in [0.2, 0.25) is 11.0 Å². The minimum atomic E-state index is -5.16. The summed E-state index contributed by atoms with van der Waals surface area (Å²) in [6.45, 7) is 1.66. The number of H-pyrrole nitrogens is 1. The Morgan fingerprint density at radius 1 is 1.19 bits per heavy atom. The van der Waals surface area contributed by atoms with Crippen LogP contribution in [0, 0.1) is 0 Å². The van der Waals surface area contributed by atoms with Crippen LogP contribution >= 0.6 is 11.3 Å². The van der Waals surface area contributed by atoms with Crippen LogP contribution in [0.5, 0.6) is 5.75 Å². The van der Waals surface area contributed by atoms with Gasteiger partial charge < -0.3 is 41.7 Å². The van der Waals surface area contributed by atoms with Crippen molar-refractivity contribution in [2.24, 2.45) is 5.16 Å². The van der Waals surface area contributed by atoms with Crippen LogP contribution in [0.2, 0.25) is 0 Å². The number of hydrogen-bond donors (Lipinski definition) is 8. The van der Waals surface area contributed by atoms with Gasteiger partial charge in [-0.05, 0) is 32.0 Å². The van der Waals surface area contributed by atoms with Crippen LogP contribution in [-0.4, -0.2) is 97.0 Å². The summed E-state index contributed by atoms with van der Waals surface area (Å²) in [6.07, 6.45) is 0.925. The van der Waals surface area contributed by atoms with E-state index in [1.54, 1.807) is 0 Å². The summed E-state index contributed by atoms with van der Waals surface area (Å²) < 4.78 is 33.6. The zero-order chi connectivity index (χ0) is 35.6. The Balaban J connectivity index is 1.50. The molecule has 1 aromatic carbocycles. The molecule has 48 heavy (non-hydrogen) atoms. The molecule has 1 aliphatic rings. The van der Waals surface area contributed by atoms with Gasteiger partial charge in [0.15, 0.2) is 16.6 Å². The number of pyridine rings is 1. The van der Waals surface area contributed by atoms with E-state index in [2.05, 4.69) is 31.1 Å². The summed E-state index contributed by atoms with van der Waals surface area (Å²) >= 11 is 0.899. The van der Waals surface area contributed by atoms with E-state index in [0.29, 0.717) is 0 Å². The van der Waals surface area contributed by atoms with Gasteiger partial charge in [0.1, 0.15) is 17.4 Å². The third-order valence-electron chi connectivity index (χ3n) is 6.56. The van der Waals surface area contributed by atoms with Gasteiger partial charge in [-0.1, -0.05) is 11.2 Å². The number of anilines is 2. The maximum atomic E-state index is 13.2. The van der Waals surface area contributed by atoms with Crippen molar-refractivity contribution in [2.75, 3.05) is 17.6 Å². The number of aromatic hydroxyl groups is 1. The molecule has 20 nitrogen and oxygen atoms in total. The van der Waals surface area contributed by atoms with E-state index >= 15 is 0 Å². The Kier molecular flexibility index (Phi) is 9.82. The van der Waals surface area contributed by atoms with E-state index in [9.17, 15) is 52.0 Å². The number of aromatic nitrogens is 2. The van der Waals surface area contributed by atoms with Crippen molar-refractivity contribution < 1.29 is 52.0 Å². The van der Waals surface area contributed by atoms with Crippen molar-refractivity contribution in [3.63, 3.8) is 0 Å². The number of rotatable bonds is 12. The number of nitrogens with zero attached hydrogens (tertiary/aromatic N) is 3. The zero-order valence-corrected chi connectivity index (χ0v) is 26.3. The predicted octanol–water partition coefficient (Wildman–Crippen LogP) is -1.12. The van der Waals surface area contributed by atoms with Gasteiger partial charge in [0.05, 0.1) is 6.04 Å². The van der Waals surface area contributed by atoms with Crippen LogP contribution in [0.15, 0.2) is 51.9 Å². The molecule has 1 saturated heterocycles. The van der Waals surface area contributed by atoms with Gasteiger partial charge in [0, 0.05) is 35.4 Å². The first-order valence-electron chi connectivity index (χ1n) is 13.3. The molecule has 0 saturated carbocycles. The van der Waals surface area contributed by atoms with Gasteiger partial charge in [-0.25, -0.2) is 14.1 Å². The van der Waals surface area contributed by atoms with Gasteiger partial charge in [0.25, 0.3) is 23.6 Å². The zero-order valence-electron chi connectivity index (χ0n) is 24.7. The number of β-lactam (4-membered cyclic amide) rings is 1. The van der Waals surface area contributed by atoms with Crippen molar-refractivity contribution in [1.29, 1.82) is 0 Å². The summed E-state index contributed by atoms with van der Waals surface area (Å²) in [6, 6.07) is 3.05. The second-order valence-electron chi connectivity index (χ2n) is 10.4. The van der Waals surface area contributed by atoms with Crippen molar-refractivity contribution in [3.8, 4) is 5.75 Å². The second-order valence-corrected chi connectivity index (χ2v) is 12.6. The molecule has 0 bridgehead atoms. The number of carboxylic acids is 1. The fraction of sp³-hybridized carbons (Fsp3) is 0.231. The van der Waals surface area contributed by atoms with E-state index in [1.807, 2.05) is 0 Å². The molecular weight excluding hydrogens is 680 g/mol. The quantitative estimate of drug-likeness (QED) is 0.0479. The lowest BCUT2D eigenvalue weighted by atomic mass is 9.98. The molecule has 4 amide bonds. The monoisotopic (exact) mass is 706 g/mol. The summed E-state index contributed by atoms with van der Waals surface area (Å²) in [7, 11) is -5.16. The van der Waals surface area contributed by atoms with Crippen LogP contribution in [0.1, 0.15) is 40.4 Å².